The van der Waals surface area contributed by atoms with Crippen molar-refractivity contribution in [1.29, 1.82) is 0 Å². The summed E-state index contributed by atoms with van der Waals surface area (Å²) in [5, 5.41) is 0.397. The Morgan fingerprint density at radius 3 is 2.31 bits per heavy atom. The number of carbonyl (C=O) groups is 1. The Bertz CT molecular complexity index is 1870. The van der Waals surface area contributed by atoms with Gasteiger partial charge >= 0.3 is 6.03 Å². The average Bonchev–Trinajstić information content (AvgIpc) is 3.42. The SMILES string of the molecule is C=CCN1C(=O)N(c2c(F)c(OC)cc(OC)c2F)Cc2cnc3c(cc(CN4CCOCC4)n3S(=O)(=O)c3ccccc3)c21. The van der Waals surface area contributed by atoms with E-state index in [9.17, 15) is 13.2 Å². The Labute approximate surface area is 258 Å². The van der Waals surface area contributed by atoms with E-state index in [0.29, 0.717) is 48.6 Å². The molecule has 0 atom stereocenters. The maximum atomic E-state index is 15.6. The van der Waals surface area contributed by atoms with E-state index in [2.05, 4.69) is 16.5 Å². The highest BCUT2D eigenvalue weighted by Crippen LogP contribution is 2.43. The summed E-state index contributed by atoms with van der Waals surface area (Å²) in [6.07, 6.45) is 2.90. The lowest BCUT2D eigenvalue weighted by atomic mass is 10.1. The monoisotopic (exact) mass is 639 g/mol. The number of amides is 2. The second-order valence-electron chi connectivity index (χ2n) is 10.5. The standard InChI is InChI=1S/C31H31F2N5O6S/c1-4-10-36-28-20(18-37(31(36)39)29-26(32)24(42-2)16-25(43-3)27(29)33)17-34-30-23(28)15-21(19-35-11-13-44-14-12-35)38(30)45(40,41)22-8-6-5-7-9-22/h4-9,15-17H,1,10-14,18-19H2,2-3H3. The molecule has 14 heteroatoms. The third kappa shape index (κ3) is 5.18. The van der Waals surface area contributed by atoms with E-state index < -0.39 is 33.4 Å². The highest BCUT2D eigenvalue weighted by Gasteiger charge is 2.38. The van der Waals surface area contributed by atoms with Gasteiger partial charge < -0.3 is 14.2 Å². The molecule has 2 aromatic heterocycles. The van der Waals surface area contributed by atoms with Crippen molar-refractivity contribution in [3.63, 3.8) is 0 Å². The molecule has 0 saturated carbocycles. The van der Waals surface area contributed by atoms with Crippen molar-refractivity contribution in [3.05, 3.63) is 84.2 Å². The van der Waals surface area contributed by atoms with Crippen LogP contribution in [-0.2, 0) is 27.8 Å². The largest absolute Gasteiger partial charge is 0.493 e. The Balaban J connectivity index is 1.56. The molecule has 0 unspecified atom stereocenters. The van der Waals surface area contributed by atoms with E-state index in [1.807, 2.05) is 0 Å². The van der Waals surface area contributed by atoms with Crippen LogP contribution in [0.5, 0.6) is 11.5 Å². The summed E-state index contributed by atoms with van der Waals surface area (Å²) in [6.45, 7) is 5.99. The molecule has 4 heterocycles. The predicted octanol–water partition coefficient (Wildman–Crippen LogP) is 4.53. The molecule has 1 fully saturated rings. The number of carbonyl (C=O) groups excluding carboxylic acids is 1. The molecule has 4 aromatic rings. The number of urea groups is 1. The molecule has 2 aliphatic rings. The van der Waals surface area contributed by atoms with Gasteiger partial charge in [0.2, 0.25) is 0 Å². The molecule has 0 N–H and O–H groups in total. The van der Waals surface area contributed by atoms with E-state index in [0.717, 1.165) is 11.0 Å². The van der Waals surface area contributed by atoms with Crippen molar-refractivity contribution in [2.45, 2.75) is 18.0 Å². The lowest BCUT2D eigenvalue weighted by Crippen LogP contribution is -2.48. The van der Waals surface area contributed by atoms with E-state index in [1.54, 1.807) is 24.3 Å². The molecule has 236 valence electrons. The minimum atomic E-state index is -4.12. The van der Waals surface area contributed by atoms with Gasteiger partial charge in [-0.05, 0) is 18.2 Å². The first-order valence-electron chi connectivity index (χ1n) is 14.1. The van der Waals surface area contributed by atoms with E-state index in [1.165, 1.54) is 47.5 Å². The first-order valence-corrected chi connectivity index (χ1v) is 15.6. The first-order chi connectivity index (χ1) is 21.7. The fourth-order valence-electron chi connectivity index (χ4n) is 5.77. The second-order valence-corrected chi connectivity index (χ2v) is 12.3. The lowest BCUT2D eigenvalue weighted by Gasteiger charge is -2.37. The topological polar surface area (TPSA) is 106 Å². The summed E-state index contributed by atoms with van der Waals surface area (Å²) in [4.78, 5) is 23.1. The molecule has 0 spiro atoms. The number of rotatable bonds is 9. The van der Waals surface area contributed by atoms with Gasteiger partial charge in [-0.2, -0.15) is 0 Å². The minimum Gasteiger partial charge on any atom is -0.493 e. The number of methoxy groups -OCH3 is 2. The lowest BCUT2D eigenvalue weighted by molar-refractivity contribution is 0.0336. The van der Waals surface area contributed by atoms with Gasteiger partial charge in [0.05, 0.1) is 50.3 Å². The van der Waals surface area contributed by atoms with Crippen LogP contribution in [0.4, 0.5) is 25.0 Å². The summed E-state index contributed by atoms with van der Waals surface area (Å²) in [6, 6.07) is 10.0. The molecular weight excluding hydrogens is 608 g/mol. The Morgan fingerprint density at radius 1 is 1.02 bits per heavy atom. The summed E-state index contributed by atoms with van der Waals surface area (Å²) < 4.78 is 76.2. The number of halogens is 2. The number of benzene rings is 2. The zero-order chi connectivity index (χ0) is 31.9. The second kappa shape index (κ2) is 12.1. The number of nitrogens with zero attached hydrogens (tertiary/aromatic N) is 5. The summed E-state index contributed by atoms with van der Waals surface area (Å²) in [7, 11) is -1.67. The molecule has 2 aromatic carbocycles. The summed E-state index contributed by atoms with van der Waals surface area (Å²) in [5.41, 5.74) is 0.739. The normalized spacial score (nSPS) is 15.8. The number of anilines is 2. The average molecular weight is 640 g/mol. The number of hydrogen-bond acceptors (Lipinski definition) is 8. The van der Waals surface area contributed by atoms with Crippen LogP contribution in [0.3, 0.4) is 0 Å². The molecule has 2 amide bonds. The number of fused-ring (bicyclic) bond motifs is 3. The maximum absolute atomic E-state index is 15.6. The van der Waals surface area contributed by atoms with Crippen molar-refractivity contribution in [1.82, 2.24) is 13.9 Å². The first kappa shape index (κ1) is 30.5. The zero-order valence-electron chi connectivity index (χ0n) is 24.7. The van der Waals surface area contributed by atoms with Crippen molar-refractivity contribution < 1.29 is 36.2 Å². The van der Waals surface area contributed by atoms with Crippen LogP contribution < -0.4 is 19.3 Å². The molecule has 6 rings (SSSR count). The third-order valence-electron chi connectivity index (χ3n) is 7.87. The number of ether oxygens (including phenoxy) is 3. The van der Waals surface area contributed by atoms with Crippen LogP contribution in [0.1, 0.15) is 11.3 Å². The van der Waals surface area contributed by atoms with Crippen molar-refractivity contribution >= 4 is 38.5 Å². The fraction of sp³-hybridized carbons (Fsp3) is 0.290. The molecule has 0 bridgehead atoms. The number of morpholine rings is 1. The quantitative estimate of drug-likeness (QED) is 0.246. The molecule has 45 heavy (non-hydrogen) atoms. The highest BCUT2D eigenvalue weighted by atomic mass is 32.2. The van der Waals surface area contributed by atoms with Crippen LogP contribution in [-0.4, -0.2) is 75.4 Å². The Kier molecular flexibility index (Phi) is 8.20. The Hall–Kier alpha value is -4.53. The van der Waals surface area contributed by atoms with Gasteiger partial charge in [0.1, 0.15) is 5.69 Å². The zero-order valence-corrected chi connectivity index (χ0v) is 25.5. The van der Waals surface area contributed by atoms with Gasteiger partial charge in [-0.15, -0.1) is 6.58 Å². The van der Waals surface area contributed by atoms with Crippen LogP contribution in [0.25, 0.3) is 11.0 Å². The maximum Gasteiger partial charge on any atom is 0.329 e. The van der Waals surface area contributed by atoms with Crippen LogP contribution in [0.2, 0.25) is 0 Å². The van der Waals surface area contributed by atoms with Gasteiger partial charge in [-0.1, -0.05) is 24.3 Å². The van der Waals surface area contributed by atoms with Crippen LogP contribution in [0, 0.1) is 11.6 Å². The van der Waals surface area contributed by atoms with Crippen molar-refractivity contribution in [2.24, 2.45) is 0 Å². The Morgan fingerprint density at radius 2 is 1.69 bits per heavy atom. The number of pyridine rings is 1. The number of aromatic nitrogens is 2. The third-order valence-corrected chi connectivity index (χ3v) is 9.63. The van der Waals surface area contributed by atoms with Crippen molar-refractivity contribution in [2.75, 3.05) is 56.9 Å². The van der Waals surface area contributed by atoms with E-state index in [4.69, 9.17) is 14.2 Å². The molecule has 2 aliphatic heterocycles. The van der Waals surface area contributed by atoms with Gasteiger partial charge in [0.25, 0.3) is 10.0 Å². The van der Waals surface area contributed by atoms with Crippen molar-refractivity contribution in [3.8, 4) is 11.5 Å². The summed E-state index contributed by atoms with van der Waals surface area (Å²) in [5.74, 6) is -2.76. The van der Waals surface area contributed by atoms with Gasteiger partial charge in [-0.3, -0.25) is 14.7 Å². The highest BCUT2D eigenvalue weighted by molar-refractivity contribution is 7.90. The predicted molar refractivity (Wildman–Crippen MR) is 163 cm³/mol. The van der Waals surface area contributed by atoms with Gasteiger partial charge in [0, 0.05) is 49.4 Å². The van der Waals surface area contributed by atoms with Crippen LogP contribution in [0.15, 0.2) is 66.2 Å². The van der Waals surface area contributed by atoms with Gasteiger partial charge in [0.15, 0.2) is 28.8 Å². The van der Waals surface area contributed by atoms with E-state index in [-0.39, 0.29) is 41.7 Å². The molecule has 0 radical (unpaired) electrons. The van der Waals surface area contributed by atoms with E-state index >= 15 is 8.78 Å². The fourth-order valence-corrected chi connectivity index (χ4v) is 7.27. The molecule has 11 nitrogen and oxygen atoms in total. The smallest absolute Gasteiger partial charge is 0.329 e. The van der Waals surface area contributed by atoms with Gasteiger partial charge in [-0.25, -0.2) is 30.9 Å². The molecule has 1 saturated heterocycles. The molecule has 0 aliphatic carbocycles. The molecular formula is C31H31F2N5O6S. The number of hydrogen-bond donors (Lipinski definition) is 0. The summed E-state index contributed by atoms with van der Waals surface area (Å²) >= 11 is 0. The van der Waals surface area contributed by atoms with Crippen LogP contribution >= 0.6 is 0 Å². The minimum absolute atomic E-state index is 0.0405.